The van der Waals surface area contributed by atoms with Crippen molar-refractivity contribution in [2.24, 2.45) is 0 Å². The molecule has 0 aromatic heterocycles. The number of hydrogen-bond acceptors (Lipinski definition) is 3. The maximum atomic E-state index is 11.0. The van der Waals surface area contributed by atoms with E-state index in [-0.39, 0.29) is 25.2 Å². The summed E-state index contributed by atoms with van der Waals surface area (Å²) < 4.78 is 5.67. The Kier molecular flexibility index (Phi) is 9.07. The molecule has 0 fully saturated rings. The number of hydrogen-bond donors (Lipinski definition) is 2. The van der Waals surface area contributed by atoms with Crippen LogP contribution in [0.1, 0.15) is 47.9 Å². The van der Waals surface area contributed by atoms with E-state index in [2.05, 4.69) is 115 Å². The van der Waals surface area contributed by atoms with Gasteiger partial charge in [-0.25, -0.2) is 0 Å². The van der Waals surface area contributed by atoms with E-state index in [0.717, 1.165) is 6.42 Å². The SMILES string of the molecule is CC(CO)OCC(O)CC(CC(c1ccccc1)(c1ccccc1)c1ccccc1)c1ccccc1. The summed E-state index contributed by atoms with van der Waals surface area (Å²) >= 11 is 0. The number of aliphatic hydroxyl groups is 2. The van der Waals surface area contributed by atoms with E-state index in [1.54, 1.807) is 0 Å². The molecule has 0 spiro atoms. The van der Waals surface area contributed by atoms with Crippen molar-refractivity contribution in [1.29, 1.82) is 0 Å². The number of rotatable bonds is 12. The van der Waals surface area contributed by atoms with Crippen molar-refractivity contribution >= 4 is 0 Å². The first-order valence-corrected chi connectivity index (χ1v) is 12.8. The molecule has 4 aromatic rings. The van der Waals surface area contributed by atoms with E-state index in [1.165, 1.54) is 22.3 Å². The lowest BCUT2D eigenvalue weighted by atomic mass is 9.63. The van der Waals surface area contributed by atoms with Gasteiger partial charge >= 0.3 is 0 Å². The van der Waals surface area contributed by atoms with Gasteiger partial charge in [-0.05, 0) is 47.9 Å². The Labute approximate surface area is 215 Å². The van der Waals surface area contributed by atoms with Crippen molar-refractivity contribution in [2.45, 2.75) is 43.3 Å². The molecule has 0 aliphatic rings. The molecule has 0 amide bonds. The quantitative estimate of drug-likeness (QED) is 0.233. The lowest BCUT2D eigenvalue weighted by Crippen LogP contribution is -2.33. The van der Waals surface area contributed by atoms with Crippen molar-refractivity contribution < 1.29 is 14.9 Å². The maximum Gasteiger partial charge on any atom is 0.0779 e. The fourth-order valence-electron chi connectivity index (χ4n) is 5.18. The van der Waals surface area contributed by atoms with Crippen LogP contribution in [0.5, 0.6) is 0 Å². The Hall–Kier alpha value is -3.24. The summed E-state index contributed by atoms with van der Waals surface area (Å²) in [6.07, 6.45) is 0.383. The first kappa shape index (κ1) is 25.8. The summed E-state index contributed by atoms with van der Waals surface area (Å²) in [5, 5.41) is 20.4. The maximum absolute atomic E-state index is 11.0. The van der Waals surface area contributed by atoms with Crippen LogP contribution >= 0.6 is 0 Å². The minimum Gasteiger partial charge on any atom is -0.394 e. The van der Waals surface area contributed by atoms with E-state index in [0.29, 0.717) is 6.42 Å². The third-order valence-electron chi connectivity index (χ3n) is 7.01. The van der Waals surface area contributed by atoms with Crippen LogP contribution in [0.15, 0.2) is 121 Å². The third kappa shape index (κ3) is 6.11. The zero-order chi connectivity index (χ0) is 25.2. The van der Waals surface area contributed by atoms with Crippen LogP contribution in [0.25, 0.3) is 0 Å². The van der Waals surface area contributed by atoms with Crippen LogP contribution in [-0.2, 0) is 10.2 Å². The van der Waals surface area contributed by atoms with Crippen LogP contribution < -0.4 is 0 Å². The van der Waals surface area contributed by atoms with Gasteiger partial charge in [0.05, 0.1) is 25.4 Å². The smallest absolute Gasteiger partial charge is 0.0779 e. The van der Waals surface area contributed by atoms with Gasteiger partial charge in [0.15, 0.2) is 0 Å². The summed E-state index contributed by atoms with van der Waals surface area (Å²) in [5.74, 6) is 0.0647. The molecule has 3 heteroatoms. The first-order valence-electron chi connectivity index (χ1n) is 12.8. The molecule has 0 saturated heterocycles. The van der Waals surface area contributed by atoms with Crippen LogP contribution in [0.3, 0.4) is 0 Å². The summed E-state index contributed by atoms with van der Waals surface area (Å²) in [5.41, 5.74) is 4.45. The normalized spacial score (nSPS) is 14.2. The van der Waals surface area contributed by atoms with E-state index in [9.17, 15) is 10.2 Å². The molecule has 0 saturated carbocycles. The van der Waals surface area contributed by atoms with Crippen molar-refractivity contribution in [3.8, 4) is 0 Å². The molecule has 3 unspecified atom stereocenters. The lowest BCUT2D eigenvalue weighted by molar-refractivity contribution is -0.0277. The highest BCUT2D eigenvalue weighted by atomic mass is 16.5. The summed E-state index contributed by atoms with van der Waals surface area (Å²) in [4.78, 5) is 0. The molecule has 0 aliphatic carbocycles. The Morgan fingerprint density at radius 2 is 1.08 bits per heavy atom. The van der Waals surface area contributed by atoms with Crippen LogP contribution in [0.4, 0.5) is 0 Å². The number of aliphatic hydroxyl groups excluding tert-OH is 2. The molecule has 36 heavy (non-hydrogen) atoms. The highest BCUT2D eigenvalue weighted by Crippen LogP contribution is 2.47. The van der Waals surface area contributed by atoms with Crippen LogP contribution in [0, 0.1) is 0 Å². The van der Waals surface area contributed by atoms with Crippen molar-refractivity contribution in [3.05, 3.63) is 144 Å². The van der Waals surface area contributed by atoms with Gasteiger partial charge in [-0.2, -0.15) is 0 Å². The molecule has 0 aliphatic heterocycles. The molecule has 186 valence electrons. The number of ether oxygens (including phenoxy) is 1. The molecular weight excluding hydrogens is 444 g/mol. The molecule has 2 N–H and O–H groups in total. The fraction of sp³-hybridized carbons (Fsp3) is 0.273. The van der Waals surface area contributed by atoms with Gasteiger partial charge in [0.25, 0.3) is 0 Å². The molecular formula is C33H36O3. The van der Waals surface area contributed by atoms with Gasteiger partial charge in [0.1, 0.15) is 0 Å². The van der Waals surface area contributed by atoms with Crippen LogP contribution in [0.2, 0.25) is 0 Å². The molecule has 3 atom stereocenters. The minimum atomic E-state index is -0.649. The van der Waals surface area contributed by atoms with Gasteiger partial charge in [-0.1, -0.05) is 121 Å². The lowest BCUT2D eigenvalue weighted by Gasteiger charge is -2.39. The van der Waals surface area contributed by atoms with Crippen molar-refractivity contribution in [2.75, 3.05) is 13.2 Å². The molecule has 0 radical (unpaired) electrons. The Morgan fingerprint density at radius 3 is 1.50 bits per heavy atom. The molecule has 4 aromatic carbocycles. The van der Waals surface area contributed by atoms with E-state index < -0.39 is 11.5 Å². The van der Waals surface area contributed by atoms with E-state index >= 15 is 0 Å². The zero-order valence-corrected chi connectivity index (χ0v) is 20.9. The number of benzene rings is 4. The predicted molar refractivity (Wildman–Crippen MR) is 146 cm³/mol. The highest BCUT2D eigenvalue weighted by Gasteiger charge is 2.39. The van der Waals surface area contributed by atoms with Gasteiger partial charge in [0, 0.05) is 5.41 Å². The minimum absolute atomic E-state index is 0.0615. The summed E-state index contributed by atoms with van der Waals surface area (Å²) in [7, 11) is 0. The third-order valence-corrected chi connectivity index (χ3v) is 7.01. The van der Waals surface area contributed by atoms with Crippen molar-refractivity contribution in [1.82, 2.24) is 0 Å². The summed E-state index contributed by atoms with van der Waals surface area (Å²) in [6, 6.07) is 42.5. The fourth-order valence-corrected chi connectivity index (χ4v) is 5.18. The predicted octanol–water partition coefficient (Wildman–Crippen LogP) is 6.34. The Bertz CT molecular complexity index is 1050. The first-order chi connectivity index (χ1) is 17.6. The average molecular weight is 481 g/mol. The van der Waals surface area contributed by atoms with Gasteiger partial charge in [0.2, 0.25) is 0 Å². The zero-order valence-electron chi connectivity index (χ0n) is 20.9. The second kappa shape index (κ2) is 12.6. The largest absolute Gasteiger partial charge is 0.394 e. The van der Waals surface area contributed by atoms with Crippen molar-refractivity contribution in [3.63, 3.8) is 0 Å². The van der Waals surface area contributed by atoms with Gasteiger partial charge < -0.3 is 14.9 Å². The van der Waals surface area contributed by atoms with E-state index in [1.807, 2.05) is 13.0 Å². The Morgan fingerprint density at radius 1 is 0.667 bits per heavy atom. The monoisotopic (exact) mass is 480 g/mol. The topological polar surface area (TPSA) is 49.7 Å². The van der Waals surface area contributed by atoms with Gasteiger partial charge in [-0.15, -0.1) is 0 Å². The van der Waals surface area contributed by atoms with Gasteiger partial charge in [-0.3, -0.25) is 0 Å². The second-order valence-corrected chi connectivity index (χ2v) is 9.53. The molecule has 4 rings (SSSR count). The average Bonchev–Trinajstić information content (AvgIpc) is 2.96. The second-order valence-electron chi connectivity index (χ2n) is 9.53. The molecule has 0 bridgehead atoms. The van der Waals surface area contributed by atoms with Crippen LogP contribution in [-0.4, -0.2) is 35.6 Å². The molecule has 0 heterocycles. The van der Waals surface area contributed by atoms with E-state index in [4.69, 9.17) is 4.74 Å². The highest BCUT2D eigenvalue weighted by molar-refractivity contribution is 5.51. The molecule has 3 nitrogen and oxygen atoms in total. The standard InChI is InChI=1S/C33H36O3/c1-26(24-34)36-25-32(35)22-28(27-14-6-2-7-15-27)23-33(29-16-8-3-9-17-29,30-18-10-4-11-19-30)31-20-12-5-13-21-31/h2-21,26,28,32,34-35H,22-25H2,1H3. The Balaban J connectivity index is 1.82. The summed E-state index contributed by atoms with van der Waals surface area (Å²) in [6.45, 7) is 1.95.